The summed E-state index contributed by atoms with van der Waals surface area (Å²) in [5.41, 5.74) is 1.11. The number of piperazine rings is 1. The van der Waals surface area contributed by atoms with E-state index >= 15 is 0 Å². The number of methoxy groups -OCH3 is 3. The van der Waals surface area contributed by atoms with Gasteiger partial charge in [0.1, 0.15) is 23.0 Å². The van der Waals surface area contributed by atoms with Crippen LogP contribution in [0.3, 0.4) is 0 Å². The fourth-order valence-electron chi connectivity index (χ4n) is 3.29. The largest absolute Gasteiger partial charge is 0.497 e. The zero-order valence-electron chi connectivity index (χ0n) is 19.9. The van der Waals surface area contributed by atoms with Crippen LogP contribution in [0.15, 0.2) is 42.5 Å². The third kappa shape index (κ3) is 8.70. The first-order chi connectivity index (χ1) is 16.8. The third-order valence-corrected chi connectivity index (χ3v) is 5.22. The highest BCUT2D eigenvalue weighted by Crippen LogP contribution is 2.26. The lowest BCUT2D eigenvalue weighted by atomic mass is 10.1. The smallest absolute Gasteiger partial charge is 0.414 e. The second-order valence-electron chi connectivity index (χ2n) is 7.41. The van der Waals surface area contributed by atoms with Gasteiger partial charge in [-0.25, -0.2) is 9.59 Å². The molecule has 1 aliphatic rings. The quantitative estimate of drug-likeness (QED) is 0.525. The Kier molecular flexibility index (Phi) is 10.6. The van der Waals surface area contributed by atoms with E-state index in [1.807, 2.05) is 35.2 Å². The third-order valence-electron chi connectivity index (χ3n) is 5.22. The Balaban J connectivity index is 0.000000641. The van der Waals surface area contributed by atoms with E-state index in [0.29, 0.717) is 18.8 Å². The van der Waals surface area contributed by atoms with E-state index < -0.39 is 11.9 Å². The summed E-state index contributed by atoms with van der Waals surface area (Å²) in [7, 11) is 4.92. The minimum atomic E-state index is -1.82. The Hall–Kier alpha value is -3.99. The van der Waals surface area contributed by atoms with Gasteiger partial charge in [-0.2, -0.15) is 0 Å². The molecule has 11 nitrogen and oxygen atoms in total. The van der Waals surface area contributed by atoms with Crippen molar-refractivity contribution in [3.63, 3.8) is 0 Å². The molecule has 1 aliphatic heterocycles. The number of nitrogens with zero attached hydrogens (tertiary/aromatic N) is 2. The Morgan fingerprint density at radius 3 is 1.83 bits per heavy atom. The lowest BCUT2D eigenvalue weighted by molar-refractivity contribution is -0.159. The molecule has 2 N–H and O–H groups in total. The number of rotatable bonds is 8. The van der Waals surface area contributed by atoms with Crippen LogP contribution >= 0.6 is 0 Å². The fraction of sp³-hybridized carbons (Fsp3) is 0.375. The van der Waals surface area contributed by atoms with Crippen molar-refractivity contribution in [2.24, 2.45) is 0 Å². The molecular weight excluding hydrogens is 460 g/mol. The van der Waals surface area contributed by atoms with Gasteiger partial charge < -0.3 is 34.1 Å². The molecule has 1 heterocycles. The summed E-state index contributed by atoms with van der Waals surface area (Å²) < 4.78 is 21.5. The molecule has 0 unspecified atom stereocenters. The first-order valence-electron chi connectivity index (χ1n) is 10.7. The summed E-state index contributed by atoms with van der Waals surface area (Å²) in [5.74, 6) is -0.640. The number of hydrogen-bond acceptors (Lipinski definition) is 8. The zero-order chi connectivity index (χ0) is 25.8. The van der Waals surface area contributed by atoms with Crippen LogP contribution in [-0.2, 0) is 20.9 Å². The van der Waals surface area contributed by atoms with Gasteiger partial charge in [-0.1, -0.05) is 6.07 Å². The normalized spacial score (nSPS) is 13.2. The van der Waals surface area contributed by atoms with Crippen molar-refractivity contribution in [1.82, 2.24) is 9.80 Å². The van der Waals surface area contributed by atoms with Gasteiger partial charge >= 0.3 is 11.9 Å². The first kappa shape index (κ1) is 27.3. The number of hydrogen-bond donors (Lipinski definition) is 2. The Labute approximate surface area is 203 Å². The van der Waals surface area contributed by atoms with Gasteiger partial charge in [0, 0.05) is 44.4 Å². The minimum Gasteiger partial charge on any atom is -0.497 e. The highest BCUT2D eigenvalue weighted by atomic mass is 16.5. The maximum Gasteiger partial charge on any atom is 0.414 e. The van der Waals surface area contributed by atoms with Crippen molar-refractivity contribution in [2.75, 3.05) is 54.1 Å². The molecule has 11 heteroatoms. The van der Waals surface area contributed by atoms with Crippen molar-refractivity contribution in [1.29, 1.82) is 0 Å². The molecule has 1 fully saturated rings. The molecule has 35 heavy (non-hydrogen) atoms. The molecule has 2 aromatic rings. The van der Waals surface area contributed by atoms with Crippen molar-refractivity contribution >= 4 is 17.8 Å². The lowest BCUT2D eigenvalue weighted by Gasteiger charge is -2.34. The number of ether oxygens (including phenoxy) is 4. The molecule has 0 radical (unpaired) electrons. The summed E-state index contributed by atoms with van der Waals surface area (Å²) in [5, 5.41) is 14.8. The monoisotopic (exact) mass is 490 g/mol. The van der Waals surface area contributed by atoms with Gasteiger partial charge in [0.2, 0.25) is 0 Å². The lowest BCUT2D eigenvalue weighted by Crippen LogP contribution is -2.49. The molecule has 0 bridgehead atoms. The van der Waals surface area contributed by atoms with E-state index in [-0.39, 0.29) is 12.5 Å². The average molecular weight is 491 g/mol. The number of carbonyl (C=O) groups excluding carboxylic acids is 1. The number of amides is 1. The van der Waals surface area contributed by atoms with Crippen LogP contribution in [0, 0.1) is 0 Å². The fourth-order valence-corrected chi connectivity index (χ4v) is 3.29. The Morgan fingerprint density at radius 1 is 0.771 bits per heavy atom. The summed E-state index contributed by atoms with van der Waals surface area (Å²) in [6.45, 7) is 3.80. The molecule has 0 aromatic heterocycles. The molecule has 0 aliphatic carbocycles. The van der Waals surface area contributed by atoms with Crippen LogP contribution in [0.2, 0.25) is 0 Å². The number of carboxylic acid groups (broad SMARTS) is 2. The summed E-state index contributed by atoms with van der Waals surface area (Å²) >= 11 is 0. The molecule has 0 atom stereocenters. The second-order valence-corrected chi connectivity index (χ2v) is 7.41. The van der Waals surface area contributed by atoms with Gasteiger partial charge in [-0.15, -0.1) is 0 Å². The molecule has 0 spiro atoms. The van der Waals surface area contributed by atoms with Crippen LogP contribution in [0.5, 0.6) is 23.0 Å². The molecule has 2 aromatic carbocycles. The Morgan fingerprint density at radius 2 is 1.31 bits per heavy atom. The standard InChI is InChI=1S/C22H28N2O5.C2H2O4/c1-26-18-6-8-19(9-7-18)29-16-22(25)24-12-10-23(11-13-24)15-17-4-5-20(27-2)14-21(17)28-3;3-1(4)2(5)6/h4-9,14H,10-13,15-16H2,1-3H3;(H,3,4)(H,5,6). The maximum absolute atomic E-state index is 12.5. The van der Waals surface area contributed by atoms with Crippen LogP contribution in [0.1, 0.15) is 5.56 Å². The van der Waals surface area contributed by atoms with Crippen LogP contribution in [0.4, 0.5) is 0 Å². The van der Waals surface area contributed by atoms with Gasteiger partial charge in [0.05, 0.1) is 21.3 Å². The van der Waals surface area contributed by atoms with Gasteiger partial charge in [-0.3, -0.25) is 9.69 Å². The van der Waals surface area contributed by atoms with E-state index in [1.165, 1.54) is 0 Å². The first-order valence-corrected chi connectivity index (χ1v) is 10.7. The van der Waals surface area contributed by atoms with Gasteiger partial charge in [-0.05, 0) is 30.3 Å². The second kappa shape index (κ2) is 13.7. The van der Waals surface area contributed by atoms with Gasteiger partial charge in [0.25, 0.3) is 5.91 Å². The van der Waals surface area contributed by atoms with E-state index in [0.717, 1.165) is 42.4 Å². The number of benzene rings is 2. The van der Waals surface area contributed by atoms with Crippen LogP contribution in [0.25, 0.3) is 0 Å². The SMILES string of the molecule is COc1ccc(OCC(=O)N2CCN(Cc3ccc(OC)cc3OC)CC2)cc1.O=C(O)C(=O)O. The highest BCUT2D eigenvalue weighted by molar-refractivity contribution is 6.27. The molecule has 3 rings (SSSR count). The number of carbonyl (C=O) groups is 3. The van der Waals surface area contributed by atoms with Gasteiger partial charge in [0.15, 0.2) is 6.61 Å². The van der Waals surface area contributed by atoms with Crippen molar-refractivity contribution in [3.05, 3.63) is 48.0 Å². The van der Waals surface area contributed by atoms with E-state index in [9.17, 15) is 4.79 Å². The Bertz CT molecular complexity index is 975. The van der Waals surface area contributed by atoms with Crippen LogP contribution < -0.4 is 18.9 Å². The van der Waals surface area contributed by atoms with Crippen molar-refractivity contribution < 1.29 is 43.5 Å². The van der Waals surface area contributed by atoms with E-state index in [2.05, 4.69) is 4.90 Å². The highest BCUT2D eigenvalue weighted by Gasteiger charge is 2.22. The molecule has 1 amide bonds. The molecule has 1 saturated heterocycles. The van der Waals surface area contributed by atoms with E-state index in [1.54, 1.807) is 33.5 Å². The number of aliphatic carboxylic acids is 2. The summed E-state index contributed by atoms with van der Waals surface area (Å²) in [4.78, 5) is 34.8. The average Bonchev–Trinajstić information content (AvgIpc) is 2.88. The number of carboxylic acids is 2. The van der Waals surface area contributed by atoms with Crippen molar-refractivity contribution in [2.45, 2.75) is 6.54 Å². The summed E-state index contributed by atoms with van der Waals surface area (Å²) in [6.07, 6.45) is 0. The summed E-state index contributed by atoms with van der Waals surface area (Å²) in [6, 6.07) is 13.1. The minimum absolute atomic E-state index is 0.00231. The topological polar surface area (TPSA) is 135 Å². The van der Waals surface area contributed by atoms with Crippen molar-refractivity contribution in [3.8, 4) is 23.0 Å². The maximum atomic E-state index is 12.5. The van der Waals surface area contributed by atoms with Crippen LogP contribution in [-0.4, -0.2) is 92.0 Å². The predicted octanol–water partition coefficient (Wildman–Crippen LogP) is 1.59. The molecular formula is C24H30N2O9. The van der Waals surface area contributed by atoms with E-state index in [4.69, 9.17) is 38.7 Å². The molecule has 0 saturated carbocycles. The predicted molar refractivity (Wildman–Crippen MR) is 125 cm³/mol. The molecule has 190 valence electrons. The zero-order valence-corrected chi connectivity index (χ0v) is 19.9.